The molecule has 0 saturated carbocycles. The molecule has 1 aromatic rings. The number of ether oxygens (including phenoxy) is 2. The van der Waals surface area contributed by atoms with E-state index in [0.29, 0.717) is 23.4 Å². The quantitative estimate of drug-likeness (QED) is 0.636. The SMILES string of the molecule is COc1ccc(N/C(N=C(N(C)C)N(C)C)=N/C2=CC(C)CC=C2)cc1OC. The maximum Gasteiger partial charge on any atom is 0.230 e. The molecule has 1 unspecified atom stereocenters. The number of guanidine groups is 2. The van der Waals surface area contributed by atoms with Gasteiger partial charge in [0.2, 0.25) is 11.9 Å². The van der Waals surface area contributed by atoms with Gasteiger partial charge in [0.05, 0.1) is 19.9 Å². The summed E-state index contributed by atoms with van der Waals surface area (Å²) in [5, 5.41) is 3.31. The zero-order valence-corrected chi connectivity index (χ0v) is 17.9. The van der Waals surface area contributed by atoms with Crippen molar-refractivity contribution < 1.29 is 9.47 Å². The molecule has 0 radical (unpaired) electrons. The van der Waals surface area contributed by atoms with E-state index in [2.05, 4.69) is 24.4 Å². The minimum atomic E-state index is 0.456. The molecule has 0 amide bonds. The van der Waals surface area contributed by atoms with Gasteiger partial charge in [0, 0.05) is 39.9 Å². The van der Waals surface area contributed by atoms with Gasteiger partial charge in [-0.25, -0.2) is 4.99 Å². The van der Waals surface area contributed by atoms with E-state index in [1.54, 1.807) is 14.2 Å². The van der Waals surface area contributed by atoms with Gasteiger partial charge in [-0.15, -0.1) is 0 Å². The van der Waals surface area contributed by atoms with Crippen molar-refractivity contribution in [2.45, 2.75) is 13.3 Å². The Morgan fingerprint density at radius 3 is 2.32 bits per heavy atom. The summed E-state index contributed by atoms with van der Waals surface area (Å²) in [7, 11) is 11.0. The van der Waals surface area contributed by atoms with Crippen molar-refractivity contribution in [3.63, 3.8) is 0 Å². The zero-order chi connectivity index (χ0) is 20.7. The lowest BCUT2D eigenvalue weighted by molar-refractivity contribution is 0.355. The van der Waals surface area contributed by atoms with Crippen molar-refractivity contribution in [3.8, 4) is 11.5 Å². The Bertz CT molecular complexity index is 784. The van der Waals surface area contributed by atoms with Gasteiger partial charge in [-0.05, 0) is 30.5 Å². The van der Waals surface area contributed by atoms with E-state index < -0.39 is 0 Å². The molecule has 152 valence electrons. The standard InChI is InChI=1S/C21H31N5O2/c1-15-9-8-10-16(13-15)22-20(24-21(25(2)3)26(4)5)23-17-11-12-18(27-6)19(14-17)28-7/h8,10-15H,9H2,1-7H3,(H,22,23). The third-order valence-electron chi connectivity index (χ3n) is 4.13. The summed E-state index contributed by atoms with van der Waals surface area (Å²) >= 11 is 0. The van der Waals surface area contributed by atoms with Crippen LogP contribution in [0.3, 0.4) is 0 Å². The summed E-state index contributed by atoms with van der Waals surface area (Å²) in [5.74, 6) is 3.04. The fourth-order valence-corrected chi connectivity index (χ4v) is 2.83. The third-order valence-corrected chi connectivity index (χ3v) is 4.13. The fraction of sp³-hybridized carbons (Fsp3) is 0.429. The molecule has 0 heterocycles. The van der Waals surface area contributed by atoms with Crippen LogP contribution in [0.5, 0.6) is 11.5 Å². The molecule has 0 saturated heterocycles. The molecule has 1 aromatic carbocycles. The molecule has 28 heavy (non-hydrogen) atoms. The van der Waals surface area contributed by atoms with Gasteiger partial charge in [-0.2, -0.15) is 4.99 Å². The molecular formula is C21H31N5O2. The second kappa shape index (κ2) is 9.82. The number of methoxy groups -OCH3 is 2. The Morgan fingerprint density at radius 2 is 1.75 bits per heavy atom. The first-order valence-electron chi connectivity index (χ1n) is 9.23. The molecule has 1 N–H and O–H groups in total. The van der Waals surface area contributed by atoms with Crippen LogP contribution in [0.1, 0.15) is 13.3 Å². The van der Waals surface area contributed by atoms with Gasteiger partial charge in [-0.1, -0.05) is 19.1 Å². The number of benzene rings is 1. The minimum absolute atomic E-state index is 0.456. The number of hydrogen-bond donors (Lipinski definition) is 1. The van der Waals surface area contributed by atoms with Gasteiger partial charge < -0.3 is 24.6 Å². The number of aliphatic imine (C=N–C) groups is 2. The number of nitrogens with zero attached hydrogens (tertiary/aromatic N) is 4. The van der Waals surface area contributed by atoms with Crippen LogP contribution in [-0.2, 0) is 0 Å². The van der Waals surface area contributed by atoms with Crippen molar-refractivity contribution in [2.75, 3.05) is 47.7 Å². The van der Waals surface area contributed by atoms with Crippen LogP contribution in [0.4, 0.5) is 5.69 Å². The summed E-state index contributed by atoms with van der Waals surface area (Å²) in [5.41, 5.74) is 1.70. The van der Waals surface area contributed by atoms with Crippen LogP contribution >= 0.6 is 0 Å². The first kappa shape index (κ1) is 21.3. The lowest BCUT2D eigenvalue weighted by Crippen LogP contribution is -2.36. The normalized spacial score (nSPS) is 16.2. The van der Waals surface area contributed by atoms with Crippen LogP contribution in [0.2, 0.25) is 0 Å². The average molecular weight is 386 g/mol. The van der Waals surface area contributed by atoms with Gasteiger partial charge in [0.1, 0.15) is 0 Å². The molecule has 0 spiro atoms. The van der Waals surface area contributed by atoms with Gasteiger partial charge in [-0.3, -0.25) is 0 Å². The molecule has 1 aliphatic rings. The highest BCUT2D eigenvalue weighted by atomic mass is 16.5. The van der Waals surface area contributed by atoms with Crippen LogP contribution < -0.4 is 14.8 Å². The Labute approximate surface area is 168 Å². The van der Waals surface area contributed by atoms with Crippen molar-refractivity contribution in [2.24, 2.45) is 15.9 Å². The lowest BCUT2D eigenvalue weighted by Gasteiger charge is -2.23. The van der Waals surface area contributed by atoms with Gasteiger partial charge in [0.25, 0.3) is 0 Å². The fourth-order valence-electron chi connectivity index (χ4n) is 2.83. The topological polar surface area (TPSA) is 61.7 Å². The largest absolute Gasteiger partial charge is 0.493 e. The number of allylic oxidation sites excluding steroid dienone is 3. The van der Waals surface area contributed by atoms with Crippen molar-refractivity contribution >= 4 is 17.6 Å². The maximum atomic E-state index is 5.40. The number of nitrogens with one attached hydrogen (secondary N) is 1. The third kappa shape index (κ3) is 5.77. The Morgan fingerprint density at radius 1 is 1.07 bits per heavy atom. The van der Waals surface area contributed by atoms with Crippen LogP contribution in [0.25, 0.3) is 0 Å². The van der Waals surface area contributed by atoms with Crippen molar-refractivity contribution in [3.05, 3.63) is 42.1 Å². The monoisotopic (exact) mass is 385 g/mol. The summed E-state index contributed by atoms with van der Waals surface area (Å²) in [6.07, 6.45) is 7.34. The van der Waals surface area contributed by atoms with Crippen molar-refractivity contribution in [1.29, 1.82) is 0 Å². The smallest absolute Gasteiger partial charge is 0.230 e. The molecule has 2 rings (SSSR count). The summed E-state index contributed by atoms with van der Waals surface area (Å²) in [6, 6.07) is 5.62. The van der Waals surface area contributed by atoms with Crippen LogP contribution in [-0.4, -0.2) is 64.1 Å². The molecule has 0 bridgehead atoms. The van der Waals surface area contributed by atoms with E-state index in [1.807, 2.05) is 62.3 Å². The predicted octanol–water partition coefficient (Wildman–Crippen LogP) is 3.43. The van der Waals surface area contributed by atoms with Crippen LogP contribution in [0.15, 0.2) is 52.1 Å². The Hall–Kier alpha value is -2.96. The Kier molecular flexibility index (Phi) is 7.49. The summed E-state index contributed by atoms with van der Waals surface area (Å²) in [4.78, 5) is 13.4. The number of hydrogen-bond acceptors (Lipinski definition) is 3. The number of rotatable bonds is 4. The van der Waals surface area contributed by atoms with E-state index in [4.69, 9.17) is 19.5 Å². The molecule has 1 atom stereocenters. The molecule has 0 aliphatic heterocycles. The molecule has 1 aliphatic carbocycles. The van der Waals surface area contributed by atoms with E-state index in [-0.39, 0.29) is 0 Å². The van der Waals surface area contributed by atoms with Gasteiger partial charge >= 0.3 is 0 Å². The number of anilines is 1. The molecular weight excluding hydrogens is 354 g/mol. The lowest BCUT2D eigenvalue weighted by atomic mass is 10.0. The summed E-state index contributed by atoms with van der Waals surface area (Å²) < 4.78 is 10.7. The Balaban J connectivity index is 2.44. The molecule has 7 nitrogen and oxygen atoms in total. The van der Waals surface area contributed by atoms with Crippen molar-refractivity contribution in [1.82, 2.24) is 9.80 Å². The maximum absolute atomic E-state index is 5.40. The van der Waals surface area contributed by atoms with E-state index >= 15 is 0 Å². The van der Waals surface area contributed by atoms with Gasteiger partial charge in [0.15, 0.2) is 11.5 Å². The second-order valence-electron chi connectivity index (χ2n) is 7.04. The molecule has 0 fully saturated rings. The first-order chi connectivity index (χ1) is 13.3. The van der Waals surface area contributed by atoms with Crippen LogP contribution in [0, 0.1) is 5.92 Å². The first-order valence-corrected chi connectivity index (χ1v) is 9.23. The molecule has 0 aromatic heterocycles. The summed E-state index contributed by atoms with van der Waals surface area (Å²) in [6.45, 7) is 2.18. The highest BCUT2D eigenvalue weighted by Gasteiger charge is 2.11. The van der Waals surface area contributed by atoms with E-state index in [9.17, 15) is 0 Å². The van der Waals surface area contributed by atoms with E-state index in [1.165, 1.54) is 0 Å². The second-order valence-corrected chi connectivity index (χ2v) is 7.04. The predicted molar refractivity (Wildman–Crippen MR) is 116 cm³/mol. The average Bonchev–Trinajstić information content (AvgIpc) is 2.65. The highest BCUT2D eigenvalue weighted by Crippen LogP contribution is 2.30. The minimum Gasteiger partial charge on any atom is -0.493 e. The van der Waals surface area contributed by atoms with E-state index in [0.717, 1.165) is 23.8 Å². The highest BCUT2D eigenvalue weighted by molar-refractivity contribution is 6.02. The zero-order valence-electron chi connectivity index (χ0n) is 17.9. The molecule has 7 heteroatoms.